The van der Waals surface area contributed by atoms with E-state index in [0.717, 1.165) is 16.5 Å². The molecule has 0 N–H and O–H groups in total. The zero-order chi connectivity index (χ0) is 14.8. The summed E-state index contributed by atoms with van der Waals surface area (Å²) in [5.74, 6) is 1.28. The van der Waals surface area contributed by atoms with Gasteiger partial charge in [0.25, 0.3) is 0 Å². The van der Waals surface area contributed by atoms with E-state index < -0.39 is 0 Å². The van der Waals surface area contributed by atoms with Crippen molar-refractivity contribution in [2.75, 3.05) is 0 Å². The van der Waals surface area contributed by atoms with Crippen LogP contribution in [0.15, 0.2) is 46.9 Å². The summed E-state index contributed by atoms with van der Waals surface area (Å²) in [5, 5.41) is 0. The molecule has 20 heavy (non-hydrogen) atoms. The fourth-order valence-corrected chi connectivity index (χ4v) is 2.18. The topological polar surface area (TPSA) is 26.3 Å². The maximum Gasteiger partial charge on any atom is 0.153 e. The summed E-state index contributed by atoms with van der Waals surface area (Å²) < 4.78 is 6.67. The van der Waals surface area contributed by atoms with Gasteiger partial charge in [-0.1, -0.05) is 48.8 Å². The van der Waals surface area contributed by atoms with E-state index in [4.69, 9.17) is 4.74 Å². The largest absolute Gasteiger partial charge is 0.457 e. The summed E-state index contributed by atoms with van der Waals surface area (Å²) in [6.07, 6.45) is 0.797. The van der Waals surface area contributed by atoms with Gasteiger partial charge in [0.15, 0.2) is 6.29 Å². The Morgan fingerprint density at radius 1 is 1.05 bits per heavy atom. The third-order valence-electron chi connectivity index (χ3n) is 3.05. The predicted molar refractivity (Wildman–Crippen MR) is 84.7 cm³/mol. The molecule has 0 aromatic heterocycles. The van der Waals surface area contributed by atoms with Gasteiger partial charge >= 0.3 is 0 Å². The Kier molecular flexibility index (Phi) is 4.29. The second-order valence-corrected chi connectivity index (χ2v) is 6.59. The molecule has 0 heterocycles. The fraction of sp³-hybridized carbons (Fsp3) is 0.235. The maximum absolute atomic E-state index is 11.0. The lowest BCUT2D eigenvalue weighted by Crippen LogP contribution is -2.10. The average Bonchev–Trinajstić information content (AvgIpc) is 2.38. The zero-order valence-corrected chi connectivity index (χ0v) is 13.4. The fourth-order valence-electron chi connectivity index (χ4n) is 1.84. The van der Waals surface area contributed by atoms with Crippen LogP contribution in [0, 0.1) is 0 Å². The van der Waals surface area contributed by atoms with Crippen LogP contribution >= 0.6 is 15.9 Å². The van der Waals surface area contributed by atoms with E-state index in [1.807, 2.05) is 30.3 Å². The molecule has 0 amide bonds. The van der Waals surface area contributed by atoms with Gasteiger partial charge in [-0.3, -0.25) is 4.79 Å². The van der Waals surface area contributed by atoms with Crippen LogP contribution in [-0.2, 0) is 5.41 Å². The van der Waals surface area contributed by atoms with E-state index in [9.17, 15) is 4.79 Å². The Bertz CT molecular complexity index is 610. The minimum absolute atomic E-state index is 0.113. The summed E-state index contributed by atoms with van der Waals surface area (Å²) in [6, 6.07) is 13.3. The molecule has 2 rings (SSSR count). The first kappa shape index (κ1) is 14.8. The molecule has 0 atom stereocenters. The van der Waals surface area contributed by atoms with E-state index in [0.29, 0.717) is 11.3 Å². The lowest BCUT2D eigenvalue weighted by molar-refractivity contribution is 0.112. The second-order valence-electron chi connectivity index (χ2n) is 5.68. The van der Waals surface area contributed by atoms with Crippen LogP contribution in [0.1, 0.15) is 36.7 Å². The van der Waals surface area contributed by atoms with Crippen molar-refractivity contribution in [2.45, 2.75) is 26.2 Å². The van der Waals surface area contributed by atoms with Crippen LogP contribution in [0.25, 0.3) is 0 Å². The lowest BCUT2D eigenvalue weighted by atomic mass is 9.87. The Morgan fingerprint density at radius 3 is 2.25 bits per heavy atom. The quantitative estimate of drug-likeness (QED) is 0.708. The number of ether oxygens (including phenoxy) is 1. The highest BCUT2D eigenvalue weighted by Crippen LogP contribution is 2.30. The van der Waals surface area contributed by atoms with Crippen LogP contribution in [0.5, 0.6) is 11.5 Å². The normalized spacial score (nSPS) is 11.2. The van der Waals surface area contributed by atoms with Crippen molar-refractivity contribution < 1.29 is 9.53 Å². The summed E-state index contributed by atoms with van der Waals surface area (Å²) in [6.45, 7) is 6.50. The van der Waals surface area contributed by atoms with Gasteiger partial charge in [-0.05, 0) is 41.3 Å². The Hall–Kier alpha value is -1.61. The minimum atomic E-state index is 0.113. The van der Waals surface area contributed by atoms with Crippen LogP contribution in [0.2, 0.25) is 0 Å². The number of hydrogen-bond acceptors (Lipinski definition) is 2. The highest BCUT2D eigenvalue weighted by molar-refractivity contribution is 9.10. The smallest absolute Gasteiger partial charge is 0.153 e. The molecule has 0 bridgehead atoms. The van der Waals surface area contributed by atoms with Crippen LogP contribution in [-0.4, -0.2) is 6.29 Å². The van der Waals surface area contributed by atoms with E-state index in [2.05, 4.69) is 36.7 Å². The molecular weight excluding hydrogens is 316 g/mol. The molecule has 0 saturated carbocycles. The summed E-state index contributed by atoms with van der Waals surface area (Å²) in [5.41, 5.74) is 1.89. The van der Waals surface area contributed by atoms with Crippen molar-refractivity contribution >= 4 is 22.2 Å². The molecule has 2 nitrogen and oxygen atoms in total. The van der Waals surface area contributed by atoms with Gasteiger partial charge < -0.3 is 4.74 Å². The molecule has 0 aliphatic rings. The van der Waals surface area contributed by atoms with Gasteiger partial charge in [0.2, 0.25) is 0 Å². The Morgan fingerprint density at radius 2 is 1.70 bits per heavy atom. The average molecular weight is 333 g/mol. The first-order chi connectivity index (χ1) is 9.40. The standard InChI is InChI=1S/C17H17BrO2/c1-17(2,3)13-5-8-15(9-6-13)20-16-10-14(18)7-4-12(16)11-19/h4-11H,1-3H3. The minimum Gasteiger partial charge on any atom is -0.457 e. The maximum atomic E-state index is 11.0. The number of aldehydes is 1. The molecule has 0 unspecified atom stereocenters. The SMILES string of the molecule is CC(C)(C)c1ccc(Oc2cc(Br)ccc2C=O)cc1. The first-order valence-corrected chi connectivity index (χ1v) is 7.22. The predicted octanol–water partition coefficient (Wildman–Crippen LogP) is 5.35. The van der Waals surface area contributed by atoms with Crippen LogP contribution in [0.3, 0.4) is 0 Å². The molecular formula is C17H17BrO2. The Balaban J connectivity index is 2.26. The molecule has 104 valence electrons. The van der Waals surface area contributed by atoms with Crippen molar-refractivity contribution in [3.8, 4) is 11.5 Å². The third-order valence-corrected chi connectivity index (χ3v) is 3.54. The zero-order valence-electron chi connectivity index (χ0n) is 11.8. The monoisotopic (exact) mass is 332 g/mol. The molecule has 0 saturated heterocycles. The number of benzene rings is 2. The first-order valence-electron chi connectivity index (χ1n) is 6.43. The van der Waals surface area contributed by atoms with Gasteiger partial charge in [-0.2, -0.15) is 0 Å². The van der Waals surface area contributed by atoms with E-state index in [-0.39, 0.29) is 5.41 Å². The third kappa shape index (κ3) is 3.48. The van der Waals surface area contributed by atoms with Crippen molar-refractivity contribution in [3.05, 3.63) is 58.1 Å². The molecule has 0 fully saturated rings. The van der Waals surface area contributed by atoms with Gasteiger partial charge in [-0.25, -0.2) is 0 Å². The number of rotatable bonds is 3. The van der Waals surface area contributed by atoms with Gasteiger partial charge in [0.1, 0.15) is 11.5 Å². The number of halogens is 1. The summed E-state index contributed by atoms with van der Waals surface area (Å²) in [4.78, 5) is 11.0. The van der Waals surface area contributed by atoms with Gasteiger partial charge in [0.05, 0.1) is 5.56 Å². The van der Waals surface area contributed by atoms with Crippen molar-refractivity contribution in [1.29, 1.82) is 0 Å². The molecule has 0 aliphatic heterocycles. The molecule has 3 heteroatoms. The lowest BCUT2D eigenvalue weighted by Gasteiger charge is -2.19. The molecule has 0 radical (unpaired) electrons. The van der Waals surface area contributed by atoms with Gasteiger partial charge in [-0.15, -0.1) is 0 Å². The van der Waals surface area contributed by atoms with Gasteiger partial charge in [0, 0.05) is 4.47 Å². The van der Waals surface area contributed by atoms with E-state index >= 15 is 0 Å². The highest BCUT2D eigenvalue weighted by atomic mass is 79.9. The van der Waals surface area contributed by atoms with Crippen molar-refractivity contribution in [1.82, 2.24) is 0 Å². The molecule has 0 aliphatic carbocycles. The van der Waals surface area contributed by atoms with Crippen molar-refractivity contribution in [3.63, 3.8) is 0 Å². The number of hydrogen-bond donors (Lipinski definition) is 0. The number of carbonyl (C=O) groups excluding carboxylic acids is 1. The van der Waals surface area contributed by atoms with Crippen LogP contribution in [0.4, 0.5) is 0 Å². The summed E-state index contributed by atoms with van der Waals surface area (Å²) >= 11 is 3.38. The molecule has 2 aromatic rings. The van der Waals surface area contributed by atoms with Crippen molar-refractivity contribution in [2.24, 2.45) is 0 Å². The molecule has 2 aromatic carbocycles. The van der Waals surface area contributed by atoms with Crippen LogP contribution < -0.4 is 4.74 Å². The highest BCUT2D eigenvalue weighted by Gasteiger charge is 2.13. The second kappa shape index (κ2) is 5.80. The number of carbonyl (C=O) groups is 1. The van der Waals surface area contributed by atoms with E-state index in [1.54, 1.807) is 12.1 Å². The molecule has 0 spiro atoms. The Labute approximate surface area is 127 Å². The van der Waals surface area contributed by atoms with E-state index in [1.165, 1.54) is 5.56 Å². The summed E-state index contributed by atoms with van der Waals surface area (Å²) in [7, 11) is 0.